The van der Waals surface area contributed by atoms with Crippen molar-refractivity contribution in [1.29, 1.82) is 0 Å². The van der Waals surface area contributed by atoms with Crippen LogP contribution >= 0.6 is 11.6 Å². The van der Waals surface area contributed by atoms with Crippen molar-refractivity contribution in [3.63, 3.8) is 0 Å². The monoisotopic (exact) mass is 459 g/mol. The molecule has 1 amide bonds. The smallest absolute Gasteiger partial charge is 0.244 e. The van der Waals surface area contributed by atoms with Crippen LogP contribution in [0.15, 0.2) is 66.9 Å². The van der Waals surface area contributed by atoms with Crippen LogP contribution in [0.1, 0.15) is 11.3 Å². The van der Waals surface area contributed by atoms with Gasteiger partial charge in [-0.3, -0.25) is 9.69 Å². The summed E-state index contributed by atoms with van der Waals surface area (Å²) in [6.07, 6.45) is 1.79. The molecule has 0 atom stereocenters. The van der Waals surface area contributed by atoms with E-state index in [1.54, 1.807) is 10.9 Å². The van der Waals surface area contributed by atoms with Gasteiger partial charge in [0.1, 0.15) is 6.54 Å². The highest BCUT2D eigenvalue weighted by atomic mass is 35.5. The van der Waals surface area contributed by atoms with E-state index in [9.17, 15) is 4.79 Å². The lowest BCUT2D eigenvalue weighted by atomic mass is 10.0. The second-order valence-electron chi connectivity index (χ2n) is 8.45. The Morgan fingerprint density at radius 3 is 2.55 bits per heavy atom. The van der Waals surface area contributed by atoms with Gasteiger partial charge in [0.15, 0.2) is 5.65 Å². The van der Waals surface area contributed by atoms with Gasteiger partial charge in [-0.05, 0) is 41.8 Å². The summed E-state index contributed by atoms with van der Waals surface area (Å²) in [5, 5.41) is 6.43. The number of piperazine rings is 1. The summed E-state index contributed by atoms with van der Waals surface area (Å²) in [6, 6.07) is 20.2. The Morgan fingerprint density at radius 2 is 1.79 bits per heavy atom. The van der Waals surface area contributed by atoms with Gasteiger partial charge >= 0.3 is 0 Å². The third-order valence-electron chi connectivity index (χ3n) is 6.20. The summed E-state index contributed by atoms with van der Waals surface area (Å²) in [7, 11) is 0. The largest absolute Gasteiger partial charge is 0.339 e. The van der Waals surface area contributed by atoms with Crippen LogP contribution in [-0.4, -0.2) is 56.7 Å². The molecule has 6 nitrogen and oxygen atoms in total. The first-order chi connectivity index (χ1) is 16.1. The van der Waals surface area contributed by atoms with Gasteiger partial charge in [-0.25, -0.2) is 9.67 Å². The molecule has 0 unspecified atom stereocenters. The molecule has 2 aromatic heterocycles. The molecule has 168 valence electrons. The number of fused-ring (bicyclic) bond motifs is 1. The van der Waals surface area contributed by atoms with E-state index in [0.717, 1.165) is 52.5 Å². The summed E-state index contributed by atoms with van der Waals surface area (Å²) in [6.45, 7) is 6.12. The third-order valence-corrected chi connectivity index (χ3v) is 6.43. The van der Waals surface area contributed by atoms with E-state index in [4.69, 9.17) is 11.6 Å². The zero-order valence-electron chi connectivity index (χ0n) is 18.6. The zero-order valence-corrected chi connectivity index (χ0v) is 19.4. The van der Waals surface area contributed by atoms with Crippen LogP contribution in [0.5, 0.6) is 0 Å². The Morgan fingerprint density at radius 1 is 1.00 bits per heavy atom. The first-order valence-corrected chi connectivity index (χ1v) is 11.6. The van der Waals surface area contributed by atoms with Crippen LogP contribution in [0.3, 0.4) is 0 Å². The number of rotatable bonds is 5. The molecule has 33 heavy (non-hydrogen) atoms. The number of aromatic nitrogens is 3. The molecule has 0 bridgehead atoms. The van der Waals surface area contributed by atoms with Gasteiger partial charge in [-0.1, -0.05) is 54.1 Å². The summed E-state index contributed by atoms with van der Waals surface area (Å²) < 4.78 is 1.75. The van der Waals surface area contributed by atoms with Gasteiger partial charge in [-0.2, -0.15) is 5.10 Å². The second-order valence-corrected chi connectivity index (χ2v) is 8.89. The van der Waals surface area contributed by atoms with Crippen LogP contribution < -0.4 is 0 Å². The molecule has 0 saturated carbocycles. The number of carbonyl (C=O) groups excluding carboxylic acids is 1. The minimum Gasteiger partial charge on any atom is -0.339 e. The lowest BCUT2D eigenvalue weighted by molar-refractivity contribution is -0.133. The SMILES string of the molecule is Cc1nn(CC(=O)N2CCN(Cc3cccc(Cl)c3)CC2)c2nccc(-c3ccccc3)c12. The lowest BCUT2D eigenvalue weighted by Gasteiger charge is -2.34. The molecule has 0 aliphatic carbocycles. The number of halogens is 1. The van der Waals surface area contributed by atoms with E-state index in [1.165, 1.54) is 5.56 Å². The van der Waals surface area contributed by atoms with Crippen molar-refractivity contribution in [2.45, 2.75) is 20.0 Å². The second kappa shape index (κ2) is 9.33. The standard InChI is InChI=1S/C26H26ClN5O/c1-19-25-23(21-7-3-2-4-8-21)10-11-28-26(25)32(29-19)18-24(33)31-14-12-30(13-15-31)17-20-6-5-9-22(27)16-20/h2-11,16H,12-15,17-18H2,1H3. The molecule has 2 aromatic carbocycles. The molecule has 7 heteroatoms. The topological polar surface area (TPSA) is 54.3 Å². The van der Waals surface area contributed by atoms with Crippen LogP contribution in [-0.2, 0) is 17.9 Å². The molecule has 4 aromatic rings. The maximum atomic E-state index is 13.1. The minimum absolute atomic E-state index is 0.0775. The number of pyridine rings is 1. The van der Waals surface area contributed by atoms with Crippen molar-refractivity contribution in [3.8, 4) is 11.1 Å². The van der Waals surface area contributed by atoms with E-state index in [0.29, 0.717) is 13.1 Å². The van der Waals surface area contributed by atoms with Crippen molar-refractivity contribution in [2.24, 2.45) is 0 Å². The number of benzene rings is 2. The van der Waals surface area contributed by atoms with Gasteiger partial charge in [0.05, 0.1) is 5.69 Å². The van der Waals surface area contributed by atoms with Crippen molar-refractivity contribution < 1.29 is 4.79 Å². The molecule has 1 aliphatic rings. The zero-order chi connectivity index (χ0) is 22.8. The number of amides is 1. The average Bonchev–Trinajstić information content (AvgIpc) is 3.15. The van der Waals surface area contributed by atoms with Crippen molar-refractivity contribution in [1.82, 2.24) is 24.6 Å². The number of aryl methyl sites for hydroxylation is 1. The van der Waals surface area contributed by atoms with Gasteiger partial charge in [0.2, 0.25) is 5.91 Å². The number of hydrogen-bond donors (Lipinski definition) is 0. The Kier molecular flexibility index (Phi) is 6.11. The summed E-state index contributed by atoms with van der Waals surface area (Å²) in [5.41, 5.74) is 5.04. The van der Waals surface area contributed by atoms with Crippen LogP contribution in [0.4, 0.5) is 0 Å². The fourth-order valence-corrected chi connectivity index (χ4v) is 4.74. The predicted octanol–water partition coefficient (Wildman–Crippen LogP) is 4.40. The molecular weight excluding hydrogens is 434 g/mol. The van der Waals surface area contributed by atoms with Gasteiger partial charge in [0, 0.05) is 49.3 Å². The summed E-state index contributed by atoms with van der Waals surface area (Å²) in [4.78, 5) is 21.9. The Labute approximate surface area is 198 Å². The van der Waals surface area contributed by atoms with Crippen molar-refractivity contribution in [3.05, 3.63) is 83.1 Å². The molecular formula is C26H26ClN5O. The Hall–Kier alpha value is -3.22. The van der Waals surface area contributed by atoms with Gasteiger partial charge < -0.3 is 4.90 Å². The van der Waals surface area contributed by atoms with Gasteiger partial charge in [0.25, 0.3) is 0 Å². The average molecular weight is 460 g/mol. The number of hydrogen-bond acceptors (Lipinski definition) is 4. The quantitative estimate of drug-likeness (QED) is 0.443. The van der Waals surface area contributed by atoms with Crippen LogP contribution in [0.25, 0.3) is 22.2 Å². The van der Waals surface area contributed by atoms with Crippen LogP contribution in [0, 0.1) is 6.92 Å². The molecule has 1 aliphatic heterocycles. The minimum atomic E-state index is 0.0775. The Balaban J connectivity index is 1.27. The molecule has 0 N–H and O–H groups in total. The molecule has 3 heterocycles. The fraction of sp³-hybridized carbons (Fsp3) is 0.269. The lowest BCUT2D eigenvalue weighted by Crippen LogP contribution is -2.49. The highest BCUT2D eigenvalue weighted by molar-refractivity contribution is 6.30. The third kappa shape index (κ3) is 4.63. The normalized spacial score (nSPS) is 14.7. The highest BCUT2D eigenvalue weighted by Gasteiger charge is 2.23. The fourth-order valence-electron chi connectivity index (χ4n) is 4.53. The number of carbonyl (C=O) groups is 1. The predicted molar refractivity (Wildman–Crippen MR) is 131 cm³/mol. The van der Waals surface area contributed by atoms with E-state index in [1.807, 2.05) is 54.3 Å². The van der Waals surface area contributed by atoms with Crippen LogP contribution in [0.2, 0.25) is 5.02 Å². The summed E-state index contributed by atoms with van der Waals surface area (Å²) >= 11 is 6.11. The van der Waals surface area contributed by atoms with Crippen molar-refractivity contribution in [2.75, 3.05) is 26.2 Å². The maximum absolute atomic E-state index is 13.1. The van der Waals surface area contributed by atoms with E-state index in [2.05, 4.69) is 33.2 Å². The Bertz CT molecular complexity index is 1280. The molecule has 5 rings (SSSR count). The number of nitrogens with zero attached hydrogens (tertiary/aromatic N) is 5. The first kappa shape index (κ1) is 21.6. The molecule has 0 radical (unpaired) electrons. The summed E-state index contributed by atoms with van der Waals surface area (Å²) in [5.74, 6) is 0.0775. The first-order valence-electron chi connectivity index (χ1n) is 11.2. The molecule has 1 saturated heterocycles. The van der Waals surface area contributed by atoms with E-state index < -0.39 is 0 Å². The molecule has 0 spiro atoms. The molecule has 1 fully saturated rings. The van der Waals surface area contributed by atoms with Gasteiger partial charge in [-0.15, -0.1) is 0 Å². The van der Waals surface area contributed by atoms with Crippen molar-refractivity contribution >= 4 is 28.5 Å². The highest BCUT2D eigenvalue weighted by Crippen LogP contribution is 2.29. The maximum Gasteiger partial charge on any atom is 0.244 e. The van der Waals surface area contributed by atoms with E-state index in [-0.39, 0.29) is 12.5 Å². The van der Waals surface area contributed by atoms with E-state index >= 15 is 0 Å².